The summed E-state index contributed by atoms with van der Waals surface area (Å²) < 4.78 is 1.38. The van der Waals surface area contributed by atoms with E-state index < -0.39 is 5.97 Å². The molecule has 0 atom stereocenters. The number of carbonyl (C=O) groups is 1. The molecule has 3 heteroatoms. The van der Waals surface area contributed by atoms with E-state index in [1.807, 2.05) is 0 Å². The highest BCUT2D eigenvalue weighted by molar-refractivity contribution is 5.64. The summed E-state index contributed by atoms with van der Waals surface area (Å²) in [5.41, 5.74) is 0.245. The zero-order valence-corrected chi connectivity index (χ0v) is 17.0. The molecular weight excluding hydrogens is 286 g/mol. The van der Waals surface area contributed by atoms with Crippen LogP contribution < -0.4 is 5.11 Å². The van der Waals surface area contributed by atoms with Gasteiger partial charge in [-0.3, -0.25) is 0 Å². The fraction of sp³-hybridized carbons (Fsp3) is 0.950. The van der Waals surface area contributed by atoms with E-state index in [9.17, 15) is 9.90 Å². The number of nitrogens with zero attached hydrogens (tertiary/aromatic N) is 1. The van der Waals surface area contributed by atoms with Crippen LogP contribution in [-0.4, -0.2) is 36.6 Å². The van der Waals surface area contributed by atoms with E-state index in [1.165, 1.54) is 56.3 Å². The molecule has 0 aliphatic rings. The van der Waals surface area contributed by atoms with Gasteiger partial charge in [0.2, 0.25) is 0 Å². The van der Waals surface area contributed by atoms with Gasteiger partial charge in [-0.25, -0.2) is 0 Å². The number of hydrogen-bond acceptors (Lipinski definition) is 2. The fourth-order valence-corrected chi connectivity index (χ4v) is 3.33. The van der Waals surface area contributed by atoms with Gasteiger partial charge in [0.15, 0.2) is 0 Å². The van der Waals surface area contributed by atoms with Crippen LogP contribution in [0.1, 0.15) is 93.4 Å². The summed E-state index contributed by atoms with van der Waals surface area (Å²) in [5, 5.41) is 9.97. The van der Waals surface area contributed by atoms with Crippen molar-refractivity contribution in [1.29, 1.82) is 0 Å². The molecule has 0 bridgehead atoms. The highest BCUT2D eigenvalue weighted by Gasteiger charge is 2.22. The summed E-state index contributed by atoms with van der Waals surface area (Å²) in [5.74, 6) is -0.941. The number of aliphatic carboxylic acids is 1. The Labute approximate surface area is 146 Å². The van der Waals surface area contributed by atoms with Gasteiger partial charge in [-0.05, 0) is 50.4 Å². The van der Waals surface area contributed by atoms with Crippen LogP contribution in [0.5, 0.6) is 0 Å². The molecule has 0 saturated heterocycles. The van der Waals surface area contributed by atoms with Gasteiger partial charge in [0.05, 0.1) is 26.2 Å². The molecule has 0 aromatic heterocycles. The predicted octanol–water partition coefficient (Wildman–Crippen LogP) is 4.40. The minimum Gasteiger partial charge on any atom is -0.550 e. The third-order valence-corrected chi connectivity index (χ3v) is 4.10. The molecule has 140 valence electrons. The normalized spacial score (nSPS) is 11.8. The Morgan fingerprint density at radius 1 is 0.826 bits per heavy atom. The summed E-state index contributed by atoms with van der Waals surface area (Å²) in [6, 6.07) is 0. The molecule has 0 unspecified atom stereocenters. The van der Waals surface area contributed by atoms with Gasteiger partial charge in [0.1, 0.15) is 0 Å². The Morgan fingerprint density at radius 2 is 1.17 bits per heavy atom. The SMILES string of the molecule is CC(C)(C)CCCC(=O)[O-].CCC[N+](CCC)(CCC)CCC. The molecule has 23 heavy (non-hydrogen) atoms. The molecule has 0 amide bonds. The first kappa shape index (κ1) is 24.7. The lowest BCUT2D eigenvalue weighted by Gasteiger charge is -2.38. The lowest BCUT2D eigenvalue weighted by Crippen LogP contribution is -2.50. The zero-order valence-electron chi connectivity index (χ0n) is 17.0. The van der Waals surface area contributed by atoms with Crippen molar-refractivity contribution in [3.05, 3.63) is 0 Å². The Kier molecular flexibility index (Phi) is 14.8. The third kappa shape index (κ3) is 16.1. The van der Waals surface area contributed by atoms with Crippen LogP contribution in [0.4, 0.5) is 0 Å². The zero-order chi connectivity index (χ0) is 18.4. The van der Waals surface area contributed by atoms with Crippen LogP contribution in [-0.2, 0) is 4.79 Å². The van der Waals surface area contributed by atoms with Gasteiger partial charge in [-0.2, -0.15) is 0 Å². The van der Waals surface area contributed by atoms with Gasteiger partial charge >= 0.3 is 0 Å². The number of carboxylic acids is 1. The van der Waals surface area contributed by atoms with Crippen molar-refractivity contribution in [2.45, 2.75) is 93.4 Å². The molecule has 0 rings (SSSR count). The first-order valence-electron chi connectivity index (χ1n) is 9.71. The van der Waals surface area contributed by atoms with Crippen LogP contribution in [0.2, 0.25) is 0 Å². The smallest absolute Gasteiger partial charge is 0.0783 e. The molecule has 0 spiro atoms. The molecule has 0 radical (unpaired) electrons. The largest absolute Gasteiger partial charge is 0.550 e. The monoisotopic (exact) mass is 329 g/mol. The standard InChI is InChI=1S/C12H28N.C8H16O2/c1-5-9-13(10-6-2,11-7-3)12-8-4;1-8(2,3)6-4-5-7(9)10/h5-12H2,1-4H3;4-6H2,1-3H3,(H,9,10)/q+1;/p-1. The van der Waals surface area contributed by atoms with Crippen molar-refractivity contribution in [2.75, 3.05) is 26.2 Å². The molecule has 0 fully saturated rings. The molecule has 0 heterocycles. The summed E-state index contributed by atoms with van der Waals surface area (Å²) in [6.07, 6.45) is 7.20. The van der Waals surface area contributed by atoms with Crippen molar-refractivity contribution >= 4 is 5.97 Å². The van der Waals surface area contributed by atoms with E-state index in [0.29, 0.717) is 0 Å². The molecule has 0 aromatic carbocycles. The Morgan fingerprint density at radius 3 is 1.39 bits per heavy atom. The second-order valence-electron chi connectivity index (χ2n) is 8.02. The maximum absolute atomic E-state index is 9.97. The minimum atomic E-state index is -0.941. The van der Waals surface area contributed by atoms with Crippen LogP contribution in [0.3, 0.4) is 0 Å². The Hall–Kier alpha value is -0.570. The number of rotatable bonds is 11. The molecule has 3 nitrogen and oxygen atoms in total. The first-order chi connectivity index (χ1) is 10.7. The molecule has 0 saturated carbocycles. The number of carboxylic acid groups (broad SMARTS) is 1. The quantitative estimate of drug-likeness (QED) is 0.527. The molecule has 0 N–H and O–H groups in total. The fourth-order valence-electron chi connectivity index (χ4n) is 3.33. The number of carbonyl (C=O) groups excluding carboxylic acids is 1. The van der Waals surface area contributed by atoms with Crippen molar-refractivity contribution in [3.8, 4) is 0 Å². The molecule has 0 aromatic rings. The Bertz CT molecular complexity index is 252. The number of hydrogen-bond donors (Lipinski definition) is 0. The second kappa shape index (κ2) is 13.8. The van der Waals surface area contributed by atoms with Crippen molar-refractivity contribution in [3.63, 3.8) is 0 Å². The van der Waals surface area contributed by atoms with E-state index in [2.05, 4.69) is 48.5 Å². The summed E-state index contributed by atoms with van der Waals surface area (Å²) in [4.78, 5) is 9.97. The summed E-state index contributed by atoms with van der Waals surface area (Å²) >= 11 is 0. The Balaban J connectivity index is 0. The van der Waals surface area contributed by atoms with E-state index in [0.717, 1.165) is 12.8 Å². The second-order valence-corrected chi connectivity index (χ2v) is 8.02. The molecule has 0 aliphatic heterocycles. The minimum absolute atomic E-state index is 0.192. The van der Waals surface area contributed by atoms with Gasteiger partial charge in [0, 0.05) is 5.97 Å². The molecular formula is C20H43NO2. The van der Waals surface area contributed by atoms with E-state index >= 15 is 0 Å². The van der Waals surface area contributed by atoms with Crippen LogP contribution in [0, 0.1) is 5.41 Å². The predicted molar refractivity (Wildman–Crippen MR) is 99.2 cm³/mol. The summed E-state index contributed by atoms with van der Waals surface area (Å²) in [7, 11) is 0. The van der Waals surface area contributed by atoms with Crippen LogP contribution >= 0.6 is 0 Å². The van der Waals surface area contributed by atoms with Crippen molar-refractivity contribution in [1.82, 2.24) is 0 Å². The lowest BCUT2D eigenvalue weighted by atomic mass is 9.90. The van der Waals surface area contributed by atoms with Gasteiger partial charge in [-0.1, -0.05) is 48.5 Å². The maximum Gasteiger partial charge on any atom is 0.0783 e. The van der Waals surface area contributed by atoms with E-state index in [-0.39, 0.29) is 11.8 Å². The van der Waals surface area contributed by atoms with Crippen LogP contribution in [0.25, 0.3) is 0 Å². The third-order valence-electron chi connectivity index (χ3n) is 4.10. The van der Waals surface area contributed by atoms with Crippen molar-refractivity contribution in [2.24, 2.45) is 5.41 Å². The molecule has 0 aliphatic carbocycles. The van der Waals surface area contributed by atoms with Gasteiger partial charge < -0.3 is 14.4 Å². The van der Waals surface area contributed by atoms with E-state index in [1.54, 1.807) is 0 Å². The topological polar surface area (TPSA) is 40.1 Å². The van der Waals surface area contributed by atoms with E-state index in [4.69, 9.17) is 0 Å². The lowest BCUT2D eigenvalue weighted by molar-refractivity contribution is -0.928. The number of quaternary nitrogens is 1. The van der Waals surface area contributed by atoms with Gasteiger partial charge in [0.25, 0.3) is 0 Å². The average Bonchev–Trinajstić information content (AvgIpc) is 2.38. The van der Waals surface area contributed by atoms with Crippen LogP contribution in [0.15, 0.2) is 0 Å². The highest BCUT2D eigenvalue weighted by Crippen LogP contribution is 2.21. The first-order valence-corrected chi connectivity index (χ1v) is 9.71. The maximum atomic E-state index is 9.97. The van der Waals surface area contributed by atoms with Crippen molar-refractivity contribution < 1.29 is 14.4 Å². The van der Waals surface area contributed by atoms with Gasteiger partial charge in [-0.15, -0.1) is 0 Å². The highest BCUT2D eigenvalue weighted by atomic mass is 16.4. The summed E-state index contributed by atoms with van der Waals surface area (Å²) in [6.45, 7) is 21.1. The average molecular weight is 330 g/mol.